The Kier molecular flexibility index (Phi) is 3.83. The maximum absolute atomic E-state index is 12.7. The number of ether oxygens (including phenoxy) is 1. The highest BCUT2D eigenvalue weighted by Gasteiger charge is 2.35. The van der Waals surface area contributed by atoms with E-state index in [1.807, 2.05) is 15.9 Å². The van der Waals surface area contributed by atoms with Gasteiger partial charge in [-0.2, -0.15) is 8.78 Å². The van der Waals surface area contributed by atoms with Crippen molar-refractivity contribution in [1.29, 1.82) is 0 Å². The molecule has 0 aromatic heterocycles. The Morgan fingerprint density at radius 3 is 2.53 bits per heavy atom. The molecule has 0 amide bonds. The fraction of sp³-hybridized carbons (Fsp3) is 0.222. The van der Waals surface area contributed by atoms with E-state index in [-0.39, 0.29) is 5.56 Å². The Morgan fingerprint density at radius 1 is 1.47 bits per heavy atom. The van der Waals surface area contributed by atoms with Gasteiger partial charge in [-0.15, -0.1) is 0 Å². The van der Waals surface area contributed by atoms with Gasteiger partial charge in [0.05, 0.1) is 11.6 Å². The zero-order valence-electron chi connectivity index (χ0n) is 7.56. The average Bonchev–Trinajstić information content (AvgIpc) is 2.16. The lowest BCUT2D eigenvalue weighted by Gasteiger charge is -2.09. The summed E-state index contributed by atoms with van der Waals surface area (Å²) >= 11 is 5.16. The van der Waals surface area contributed by atoms with Gasteiger partial charge in [0.1, 0.15) is 5.75 Å². The van der Waals surface area contributed by atoms with Crippen molar-refractivity contribution < 1.29 is 18.3 Å². The number of carbonyl (C=O) groups is 1. The zero-order valence-corrected chi connectivity index (χ0v) is 10.7. The number of benzene rings is 1. The van der Waals surface area contributed by atoms with Crippen LogP contribution in [0.4, 0.5) is 8.78 Å². The maximum atomic E-state index is 12.7. The van der Waals surface area contributed by atoms with Crippen molar-refractivity contribution in [1.82, 2.24) is 0 Å². The largest absolute Gasteiger partial charge is 0.496 e. The van der Waals surface area contributed by atoms with Gasteiger partial charge in [-0.3, -0.25) is 4.79 Å². The smallest absolute Gasteiger partial charge is 0.363 e. The molecule has 0 spiro atoms. The maximum Gasteiger partial charge on any atom is 0.363 e. The number of halogens is 4. The van der Waals surface area contributed by atoms with Crippen molar-refractivity contribution in [3.63, 3.8) is 0 Å². The Labute approximate surface area is 102 Å². The van der Waals surface area contributed by atoms with Crippen molar-refractivity contribution in [2.24, 2.45) is 0 Å². The summed E-state index contributed by atoms with van der Waals surface area (Å²) in [4.78, 5) is 7.63. The molecule has 0 saturated carbocycles. The number of carbonyl (C=O) groups excluding carboxylic acids is 1. The minimum absolute atomic E-state index is 0.114. The third-order valence-electron chi connectivity index (χ3n) is 1.67. The molecule has 0 fully saturated rings. The predicted molar refractivity (Wildman–Crippen MR) is 58.9 cm³/mol. The Morgan fingerprint density at radius 2 is 2.07 bits per heavy atom. The van der Waals surface area contributed by atoms with Gasteiger partial charge in [0.15, 0.2) is 0 Å². The second-order valence-corrected chi connectivity index (χ2v) is 4.53. The molecule has 0 radical (unpaired) electrons. The molecule has 2 nitrogen and oxygen atoms in total. The van der Waals surface area contributed by atoms with Gasteiger partial charge in [0.2, 0.25) is 5.78 Å². The van der Waals surface area contributed by atoms with E-state index >= 15 is 0 Å². The van der Waals surface area contributed by atoms with Crippen molar-refractivity contribution in [2.75, 3.05) is 7.11 Å². The Hall–Kier alpha value is -0.490. The summed E-state index contributed by atoms with van der Waals surface area (Å²) in [6, 6.07) is 4.02. The predicted octanol–water partition coefficient (Wildman–Crippen LogP) is 3.63. The van der Waals surface area contributed by atoms with Crippen LogP contribution in [0.5, 0.6) is 5.75 Å². The highest BCUT2D eigenvalue weighted by Crippen LogP contribution is 2.31. The van der Waals surface area contributed by atoms with Crippen LogP contribution in [0.2, 0.25) is 0 Å². The van der Waals surface area contributed by atoms with Crippen LogP contribution in [0, 0.1) is 0 Å². The summed E-state index contributed by atoms with van der Waals surface area (Å²) in [6.45, 7) is 0. The molecule has 0 heterocycles. The molecular formula is C9H6Br2F2O2. The first-order valence-corrected chi connectivity index (χ1v) is 5.40. The number of alkyl halides is 3. The number of hydrogen-bond donors (Lipinski definition) is 0. The summed E-state index contributed by atoms with van der Waals surface area (Å²) in [5.74, 6) is -0.967. The zero-order chi connectivity index (χ0) is 11.6. The number of hydrogen-bond acceptors (Lipinski definition) is 2. The minimum Gasteiger partial charge on any atom is -0.496 e. The van der Waals surface area contributed by atoms with E-state index in [2.05, 4.69) is 15.9 Å². The molecule has 0 aliphatic rings. The molecule has 1 aromatic rings. The fourth-order valence-electron chi connectivity index (χ4n) is 0.965. The SMILES string of the molecule is COc1cc(C(=O)C(F)(F)Br)ccc1Br. The third-order valence-corrected chi connectivity index (χ3v) is 2.69. The molecule has 82 valence electrons. The van der Waals surface area contributed by atoms with Crippen LogP contribution < -0.4 is 4.74 Å². The van der Waals surface area contributed by atoms with Gasteiger partial charge in [-0.05, 0) is 50.1 Å². The van der Waals surface area contributed by atoms with Crippen molar-refractivity contribution >= 4 is 37.6 Å². The quantitative estimate of drug-likeness (QED) is 0.619. The van der Waals surface area contributed by atoms with E-state index < -0.39 is 10.6 Å². The number of rotatable bonds is 3. The van der Waals surface area contributed by atoms with Gasteiger partial charge in [-0.1, -0.05) is 0 Å². The molecule has 0 unspecified atom stereocenters. The van der Waals surface area contributed by atoms with Crippen molar-refractivity contribution in [2.45, 2.75) is 4.83 Å². The van der Waals surface area contributed by atoms with Crippen LogP contribution >= 0.6 is 31.9 Å². The van der Waals surface area contributed by atoms with Gasteiger partial charge in [0, 0.05) is 5.56 Å². The number of ketones is 1. The first-order valence-electron chi connectivity index (χ1n) is 3.81. The third kappa shape index (κ3) is 2.98. The summed E-state index contributed by atoms with van der Waals surface area (Å²) in [5, 5.41) is 0. The van der Waals surface area contributed by atoms with Crippen LogP contribution in [0.1, 0.15) is 10.4 Å². The van der Waals surface area contributed by atoms with Crippen molar-refractivity contribution in [3.05, 3.63) is 28.2 Å². The average molecular weight is 344 g/mol. The van der Waals surface area contributed by atoms with Gasteiger partial charge < -0.3 is 4.74 Å². The minimum atomic E-state index is -3.55. The normalized spacial score (nSPS) is 11.3. The van der Waals surface area contributed by atoms with E-state index in [1.54, 1.807) is 0 Å². The lowest BCUT2D eigenvalue weighted by molar-refractivity contribution is 0.0592. The van der Waals surface area contributed by atoms with Crippen LogP contribution in [-0.4, -0.2) is 17.7 Å². The van der Waals surface area contributed by atoms with E-state index in [0.717, 1.165) is 0 Å². The van der Waals surface area contributed by atoms with Gasteiger partial charge >= 0.3 is 4.83 Å². The Bertz CT molecular complexity index is 388. The summed E-state index contributed by atoms with van der Waals surface area (Å²) in [6.07, 6.45) is 0. The number of Topliss-reactive ketones (excluding diaryl/α,β-unsaturated/α-hetero) is 1. The van der Waals surface area contributed by atoms with Crippen LogP contribution in [0.15, 0.2) is 22.7 Å². The van der Waals surface area contributed by atoms with Crippen LogP contribution in [-0.2, 0) is 0 Å². The van der Waals surface area contributed by atoms with Gasteiger partial charge in [0.25, 0.3) is 0 Å². The van der Waals surface area contributed by atoms with E-state index in [1.165, 1.54) is 25.3 Å². The first-order chi connectivity index (χ1) is 6.86. The standard InChI is InChI=1S/C9H6Br2F2O2/c1-15-7-4-5(2-3-6(7)10)8(14)9(11,12)13/h2-4H,1H3. The molecule has 0 aliphatic heterocycles. The van der Waals surface area contributed by atoms with Crippen LogP contribution in [0.3, 0.4) is 0 Å². The lowest BCUT2D eigenvalue weighted by Crippen LogP contribution is -2.20. The highest BCUT2D eigenvalue weighted by atomic mass is 79.9. The highest BCUT2D eigenvalue weighted by molar-refractivity contribution is 9.10. The summed E-state index contributed by atoms with van der Waals surface area (Å²) in [7, 11) is 1.39. The molecule has 6 heteroatoms. The topological polar surface area (TPSA) is 26.3 Å². The Balaban J connectivity index is 3.12. The summed E-state index contributed by atoms with van der Waals surface area (Å²) < 4.78 is 30.8. The molecule has 1 rings (SSSR count). The number of methoxy groups -OCH3 is 1. The lowest BCUT2D eigenvalue weighted by atomic mass is 10.1. The second-order valence-electron chi connectivity index (χ2n) is 2.68. The molecule has 0 atom stereocenters. The van der Waals surface area contributed by atoms with Crippen LogP contribution in [0.25, 0.3) is 0 Å². The molecule has 0 saturated heterocycles. The first kappa shape index (κ1) is 12.6. The van der Waals surface area contributed by atoms with E-state index in [0.29, 0.717) is 10.2 Å². The molecule has 15 heavy (non-hydrogen) atoms. The van der Waals surface area contributed by atoms with E-state index in [9.17, 15) is 13.6 Å². The van der Waals surface area contributed by atoms with Gasteiger partial charge in [-0.25, -0.2) is 0 Å². The second kappa shape index (κ2) is 4.57. The molecule has 0 bridgehead atoms. The van der Waals surface area contributed by atoms with Crippen molar-refractivity contribution in [3.8, 4) is 5.75 Å². The van der Waals surface area contributed by atoms with E-state index in [4.69, 9.17) is 4.74 Å². The molecule has 0 aliphatic carbocycles. The molecule has 1 aromatic carbocycles. The molecule has 0 N–H and O–H groups in total. The monoisotopic (exact) mass is 342 g/mol. The summed E-state index contributed by atoms with van der Waals surface area (Å²) in [5.41, 5.74) is -0.114. The molecular weight excluding hydrogens is 338 g/mol. The fourth-order valence-corrected chi connectivity index (χ4v) is 1.60.